The number of allylic oxidation sites excluding steroid dienone is 2. The molecule has 3 aliphatic rings. The highest BCUT2D eigenvalue weighted by molar-refractivity contribution is 7.16. The highest BCUT2D eigenvalue weighted by Crippen LogP contribution is 2.48. The first-order chi connectivity index (χ1) is 24.3. The molecule has 50 heavy (non-hydrogen) atoms. The molecule has 0 amide bonds. The first-order valence-electron chi connectivity index (χ1n) is 16.8. The highest BCUT2D eigenvalue weighted by Gasteiger charge is 2.31. The Morgan fingerprint density at radius 1 is 0.460 bits per heavy atom. The van der Waals surface area contributed by atoms with E-state index in [2.05, 4.69) is 26.0 Å². The summed E-state index contributed by atoms with van der Waals surface area (Å²) in [6.45, 7) is 4.34. The molecule has 9 rings (SSSR count). The summed E-state index contributed by atoms with van der Waals surface area (Å²) in [5.41, 5.74) is 11.4. The Morgan fingerprint density at radius 3 is 1.52 bits per heavy atom. The molecule has 0 saturated carbocycles. The summed E-state index contributed by atoms with van der Waals surface area (Å²) in [6, 6.07) is 30.3. The van der Waals surface area contributed by atoms with Gasteiger partial charge >= 0.3 is 0 Å². The van der Waals surface area contributed by atoms with Crippen molar-refractivity contribution in [1.82, 2.24) is 0 Å². The van der Waals surface area contributed by atoms with E-state index in [0.29, 0.717) is 38.9 Å². The maximum absolute atomic E-state index is 13.6. The molecule has 0 unspecified atom stereocenters. The van der Waals surface area contributed by atoms with Gasteiger partial charge in [0.05, 0.1) is 0 Å². The molecule has 0 saturated heterocycles. The fraction of sp³-hybridized carbons (Fsp3) is 0.136. The second kappa shape index (κ2) is 11.7. The smallest absolute Gasteiger partial charge is 0.194 e. The normalized spacial score (nSPS) is 15.2. The molecular weight excluding hydrogens is 657 g/mol. The Hall–Kier alpha value is -5.30. The van der Waals surface area contributed by atoms with Crippen molar-refractivity contribution in [2.45, 2.75) is 39.5 Å². The first kappa shape index (κ1) is 30.7. The van der Waals surface area contributed by atoms with Crippen LogP contribution >= 0.6 is 22.7 Å². The predicted octanol–water partition coefficient (Wildman–Crippen LogP) is 10.6. The number of carbonyl (C=O) groups is 4. The number of carbonyl (C=O) groups excluding carboxylic acids is 4. The summed E-state index contributed by atoms with van der Waals surface area (Å²) in [7, 11) is 0. The summed E-state index contributed by atoms with van der Waals surface area (Å²) < 4.78 is 0. The number of ketones is 4. The number of thiophene rings is 2. The number of rotatable bonds is 4. The molecule has 4 nitrogen and oxygen atoms in total. The van der Waals surface area contributed by atoms with Crippen LogP contribution in [0.2, 0.25) is 0 Å². The summed E-state index contributed by atoms with van der Waals surface area (Å²) in [4.78, 5) is 57.9. The lowest BCUT2D eigenvalue weighted by atomic mass is 9.83. The van der Waals surface area contributed by atoms with E-state index in [9.17, 15) is 19.2 Å². The monoisotopic (exact) mass is 686 g/mol. The second-order valence-corrected chi connectivity index (χ2v) is 15.8. The predicted molar refractivity (Wildman–Crippen MR) is 201 cm³/mol. The van der Waals surface area contributed by atoms with Crippen molar-refractivity contribution >= 4 is 57.0 Å². The van der Waals surface area contributed by atoms with Gasteiger partial charge in [0.1, 0.15) is 0 Å². The Morgan fingerprint density at radius 2 is 0.920 bits per heavy atom. The maximum atomic E-state index is 13.6. The summed E-state index contributed by atoms with van der Waals surface area (Å²) in [6.07, 6.45) is 3.29. The molecule has 0 bridgehead atoms. The van der Waals surface area contributed by atoms with Crippen LogP contribution in [0.5, 0.6) is 0 Å². The van der Waals surface area contributed by atoms with Crippen LogP contribution in [-0.2, 0) is 6.42 Å². The largest absolute Gasteiger partial charge is 0.294 e. The van der Waals surface area contributed by atoms with Crippen molar-refractivity contribution in [2.75, 3.05) is 0 Å². The summed E-state index contributed by atoms with van der Waals surface area (Å²) in [5.74, 6) is -0.328. The topological polar surface area (TPSA) is 68.3 Å². The van der Waals surface area contributed by atoms with E-state index in [4.69, 9.17) is 0 Å². The minimum atomic E-state index is -0.104. The van der Waals surface area contributed by atoms with Crippen LogP contribution in [-0.4, -0.2) is 23.1 Å². The zero-order chi connectivity index (χ0) is 34.3. The van der Waals surface area contributed by atoms with Crippen LogP contribution in [0, 0.1) is 13.8 Å². The zero-order valence-electron chi connectivity index (χ0n) is 27.5. The van der Waals surface area contributed by atoms with E-state index in [-0.39, 0.29) is 29.6 Å². The minimum Gasteiger partial charge on any atom is -0.294 e. The van der Waals surface area contributed by atoms with Gasteiger partial charge in [-0.2, -0.15) is 0 Å². The average Bonchev–Trinajstić information content (AvgIpc) is 3.86. The zero-order valence-corrected chi connectivity index (χ0v) is 29.1. The first-order valence-corrected chi connectivity index (χ1v) is 18.5. The molecule has 3 aliphatic carbocycles. The van der Waals surface area contributed by atoms with Crippen LogP contribution in [0.25, 0.3) is 32.0 Å². The lowest BCUT2D eigenvalue weighted by molar-refractivity contribution is 0.0979. The van der Waals surface area contributed by atoms with E-state index in [1.807, 2.05) is 42.5 Å². The highest BCUT2D eigenvalue weighted by atomic mass is 32.1. The van der Waals surface area contributed by atoms with Crippen LogP contribution in [0.4, 0.5) is 0 Å². The Bertz CT molecular complexity index is 2540. The standard InChI is InChI=1S/C44H30O4S2/c1-23-35(21-40(49-23)26-15-14-25-20-39(45)30-8-3-4-9-31(30)43(47)37(25)18-26)28-12-7-13-29(28)36-22-41(50-24(36)2)27-16-17-34-38(19-27)44(48)33-11-6-5-10-32(33)42(34)46/h3-6,8-11,14-19,21-22H,7,12-13,20H2,1-2H3. The fourth-order valence-corrected chi connectivity index (χ4v) is 9.96. The van der Waals surface area contributed by atoms with Gasteiger partial charge in [-0.3, -0.25) is 19.2 Å². The molecule has 6 aromatic rings. The number of fused-ring (bicyclic) bond motifs is 4. The molecule has 0 fully saturated rings. The van der Waals surface area contributed by atoms with Crippen molar-refractivity contribution < 1.29 is 19.2 Å². The molecule has 0 radical (unpaired) electrons. The molecule has 0 atom stereocenters. The van der Waals surface area contributed by atoms with E-state index in [1.165, 1.54) is 32.0 Å². The number of benzene rings is 4. The van der Waals surface area contributed by atoms with Gasteiger partial charge in [0.2, 0.25) is 0 Å². The van der Waals surface area contributed by atoms with Gasteiger partial charge in [-0.1, -0.05) is 66.7 Å². The van der Waals surface area contributed by atoms with E-state index in [1.54, 1.807) is 65.1 Å². The molecule has 4 aromatic carbocycles. The van der Waals surface area contributed by atoms with Crippen molar-refractivity contribution in [1.29, 1.82) is 0 Å². The Kier molecular flexibility index (Phi) is 7.16. The molecule has 6 heteroatoms. The SMILES string of the molecule is Cc1sc(-c2ccc3c(c2)C(=O)c2ccccc2C(=O)C3)cc1C1=C(c2cc(-c3ccc4c(c3)C(=O)c3ccccc3C4=O)sc2C)CCC1. The maximum Gasteiger partial charge on any atom is 0.194 e. The average molecular weight is 687 g/mol. The fourth-order valence-electron chi connectivity index (χ4n) is 7.87. The number of hydrogen-bond acceptors (Lipinski definition) is 6. The molecule has 0 N–H and O–H groups in total. The Labute approximate surface area is 297 Å². The van der Waals surface area contributed by atoms with Crippen molar-refractivity contribution in [3.8, 4) is 20.9 Å². The number of hydrogen-bond donors (Lipinski definition) is 0. The molecular formula is C44H30O4S2. The third-order valence-corrected chi connectivity index (χ3v) is 12.6. The molecule has 2 heterocycles. The lowest BCUT2D eigenvalue weighted by Gasteiger charge is -2.17. The van der Waals surface area contributed by atoms with Gasteiger partial charge in [-0.15, -0.1) is 22.7 Å². The van der Waals surface area contributed by atoms with Crippen LogP contribution in [0.15, 0.2) is 97.1 Å². The minimum absolute atomic E-state index is 0.0247. The van der Waals surface area contributed by atoms with Crippen molar-refractivity contribution in [3.63, 3.8) is 0 Å². The lowest BCUT2D eigenvalue weighted by Crippen LogP contribution is -2.20. The van der Waals surface area contributed by atoms with Crippen LogP contribution in [0.3, 0.4) is 0 Å². The molecule has 0 aliphatic heterocycles. The van der Waals surface area contributed by atoms with Gasteiger partial charge in [0.15, 0.2) is 23.1 Å². The number of aryl methyl sites for hydroxylation is 2. The van der Waals surface area contributed by atoms with Crippen LogP contribution < -0.4 is 0 Å². The second-order valence-electron chi connectivity index (χ2n) is 13.3. The summed E-state index contributed by atoms with van der Waals surface area (Å²) >= 11 is 3.46. The van der Waals surface area contributed by atoms with Gasteiger partial charge in [-0.05, 0) is 102 Å². The summed E-state index contributed by atoms with van der Waals surface area (Å²) in [5, 5.41) is 0. The van der Waals surface area contributed by atoms with Crippen molar-refractivity contribution in [2.24, 2.45) is 0 Å². The molecule has 2 aromatic heterocycles. The van der Waals surface area contributed by atoms with Crippen LogP contribution in [0.1, 0.15) is 104 Å². The van der Waals surface area contributed by atoms with Gasteiger partial charge in [0.25, 0.3) is 0 Å². The van der Waals surface area contributed by atoms with Gasteiger partial charge in [-0.25, -0.2) is 0 Å². The van der Waals surface area contributed by atoms with E-state index in [0.717, 1.165) is 45.7 Å². The number of Topliss-reactive ketones (excluding diaryl/α,β-unsaturated/α-hetero) is 1. The third kappa shape index (κ3) is 4.77. The van der Waals surface area contributed by atoms with E-state index >= 15 is 0 Å². The van der Waals surface area contributed by atoms with Gasteiger partial charge < -0.3 is 0 Å². The van der Waals surface area contributed by atoms with Crippen molar-refractivity contribution in [3.05, 3.63) is 162 Å². The quantitative estimate of drug-likeness (QED) is 0.185. The Balaban J connectivity index is 1.06. The van der Waals surface area contributed by atoms with E-state index < -0.39 is 0 Å². The molecule has 0 spiro atoms. The molecule has 242 valence electrons. The van der Waals surface area contributed by atoms with Gasteiger partial charge in [0, 0.05) is 64.9 Å². The third-order valence-electron chi connectivity index (χ3n) is 10.4.